The van der Waals surface area contributed by atoms with E-state index in [0.717, 1.165) is 27.6 Å². The van der Waals surface area contributed by atoms with Crippen molar-refractivity contribution >= 4 is 32.9 Å². The first-order valence-electron chi connectivity index (χ1n) is 8.13. The van der Waals surface area contributed by atoms with E-state index in [2.05, 4.69) is 69.6 Å². The molecule has 124 valence electrons. The van der Waals surface area contributed by atoms with E-state index in [9.17, 15) is 0 Å². The van der Waals surface area contributed by atoms with Crippen molar-refractivity contribution in [2.75, 3.05) is 5.43 Å². The van der Waals surface area contributed by atoms with Crippen LogP contribution in [0.2, 0.25) is 0 Å². The standard InChI is InChI=1S/C20H18N4S/c1-15-6-4-7-16(12-15)14-24-11-5-8-17(24)13-21-23-20-22-18-9-2-3-10-19(18)25-20/h2-13H,14H2,1H3,(H,22,23). The van der Waals surface area contributed by atoms with Gasteiger partial charge in [0, 0.05) is 12.7 Å². The Kier molecular flexibility index (Phi) is 4.31. The number of hydrazone groups is 1. The Morgan fingerprint density at radius 3 is 2.92 bits per heavy atom. The molecule has 0 aliphatic carbocycles. The number of hydrogen-bond acceptors (Lipinski definition) is 4. The van der Waals surface area contributed by atoms with Crippen LogP contribution >= 0.6 is 11.3 Å². The summed E-state index contributed by atoms with van der Waals surface area (Å²) < 4.78 is 3.33. The van der Waals surface area contributed by atoms with Gasteiger partial charge in [0.25, 0.3) is 0 Å². The summed E-state index contributed by atoms with van der Waals surface area (Å²) in [6.45, 7) is 2.95. The summed E-state index contributed by atoms with van der Waals surface area (Å²) >= 11 is 1.60. The average Bonchev–Trinajstić information content (AvgIpc) is 3.21. The second kappa shape index (κ2) is 6.91. The fraction of sp³-hybridized carbons (Fsp3) is 0.100. The van der Waals surface area contributed by atoms with Crippen LogP contribution in [-0.2, 0) is 6.54 Å². The van der Waals surface area contributed by atoms with Crippen LogP contribution in [0.3, 0.4) is 0 Å². The van der Waals surface area contributed by atoms with Gasteiger partial charge in [0.2, 0.25) is 5.13 Å². The second-order valence-corrected chi connectivity index (χ2v) is 6.94. The number of thiazole rings is 1. The summed E-state index contributed by atoms with van der Waals surface area (Å²) in [7, 11) is 0. The van der Waals surface area contributed by atoms with Gasteiger partial charge in [-0.05, 0) is 36.8 Å². The summed E-state index contributed by atoms with van der Waals surface area (Å²) in [5.74, 6) is 0. The number of rotatable bonds is 5. The number of para-hydroxylation sites is 1. The monoisotopic (exact) mass is 346 g/mol. The average molecular weight is 346 g/mol. The first-order valence-corrected chi connectivity index (χ1v) is 8.95. The summed E-state index contributed by atoms with van der Waals surface area (Å²) in [4.78, 5) is 4.52. The number of nitrogens with zero attached hydrogens (tertiary/aromatic N) is 3. The fourth-order valence-electron chi connectivity index (χ4n) is 2.77. The molecule has 0 aliphatic heterocycles. The molecule has 0 radical (unpaired) electrons. The number of fused-ring (bicyclic) bond motifs is 1. The van der Waals surface area contributed by atoms with Crippen molar-refractivity contribution < 1.29 is 0 Å². The van der Waals surface area contributed by atoms with E-state index in [1.807, 2.05) is 30.5 Å². The smallest absolute Gasteiger partial charge is 0.204 e. The summed E-state index contributed by atoms with van der Waals surface area (Å²) in [6.07, 6.45) is 3.91. The highest BCUT2D eigenvalue weighted by Crippen LogP contribution is 2.25. The van der Waals surface area contributed by atoms with Crippen LogP contribution in [0, 0.1) is 6.92 Å². The molecule has 0 amide bonds. The Bertz CT molecular complexity index is 996. The quantitative estimate of drug-likeness (QED) is 0.412. The van der Waals surface area contributed by atoms with Crippen LogP contribution in [0.15, 0.2) is 72.0 Å². The maximum atomic E-state index is 4.52. The van der Waals surface area contributed by atoms with E-state index in [1.54, 1.807) is 11.3 Å². The molecule has 25 heavy (non-hydrogen) atoms. The molecule has 2 aromatic heterocycles. The van der Waals surface area contributed by atoms with Crippen molar-refractivity contribution in [3.05, 3.63) is 83.7 Å². The van der Waals surface area contributed by atoms with Gasteiger partial charge in [-0.25, -0.2) is 4.98 Å². The molecule has 0 fully saturated rings. The molecule has 0 spiro atoms. The molecule has 0 bridgehead atoms. The zero-order valence-corrected chi connectivity index (χ0v) is 14.7. The lowest BCUT2D eigenvalue weighted by molar-refractivity contribution is 0.799. The Morgan fingerprint density at radius 2 is 2.04 bits per heavy atom. The predicted octanol–water partition coefficient (Wildman–Crippen LogP) is 4.90. The molecular formula is C20H18N4S. The van der Waals surface area contributed by atoms with Crippen molar-refractivity contribution in [3.8, 4) is 0 Å². The summed E-state index contributed by atoms with van der Waals surface area (Å²) in [6, 6.07) is 20.7. The van der Waals surface area contributed by atoms with Crippen molar-refractivity contribution in [1.29, 1.82) is 0 Å². The highest BCUT2D eigenvalue weighted by atomic mass is 32.1. The minimum Gasteiger partial charge on any atom is -0.342 e. The summed E-state index contributed by atoms with van der Waals surface area (Å²) in [5, 5.41) is 5.15. The minimum absolute atomic E-state index is 0.800. The maximum Gasteiger partial charge on any atom is 0.204 e. The lowest BCUT2D eigenvalue weighted by Crippen LogP contribution is -2.03. The number of benzene rings is 2. The van der Waals surface area contributed by atoms with E-state index in [-0.39, 0.29) is 0 Å². The van der Waals surface area contributed by atoms with Gasteiger partial charge in [-0.1, -0.05) is 53.3 Å². The van der Waals surface area contributed by atoms with Crippen molar-refractivity contribution in [3.63, 3.8) is 0 Å². The largest absolute Gasteiger partial charge is 0.342 e. The summed E-state index contributed by atoms with van der Waals surface area (Å²) in [5.41, 5.74) is 7.64. The number of aryl methyl sites for hydroxylation is 1. The maximum absolute atomic E-state index is 4.52. The van der Waals surface area contributed by atoms with E-state index in [0.29, 0.717) is 0 Å². The third-order valence-corrected chi connectivity index (χ3v) is 4.89. The van der Waals surface area contributed by atoms with Gasteiger partial charge in [-0.2, -0.15) is 5.10 Å². The molecule has 4 nitrogen and oxygen atoms in total. The van der Waals surface area contributed by atoms with Crippen LogP contribution in [0.25, 0.3) is 10.2 Å². The van der Waals surface area contributed by atoms with Gasteiger partial charge < -0.3 is 4.57 Å². The van der Waals surface area contributed by atoms with E-state index in [1.165, 1.54) is 11.1 Å². The third kappa shape index (κ3) is 3.61. The van der Waals surface area contributed by atoms with Gasteiger partial charge in [0.05, 0.1) is 22.1 Å². The molecular weight excluding hydrogens is 328 g/mol. The second-order valence-electron chi connectivity index (χ2n) is 5.91. The van der Waals surface area contributed by atoms with Gasteiger partial charge in [0.15, 0.2) is 0 Å². The number of nitrogens with one attached hydrogen (secondary N) is 1. The van der Waals surface area contributed by atoms with Gasteiger partial charge in [-0.15, -0.1) is 0 Å². The van der Waals surface area contributed by atoms with E-state index in [4.69, 9.17) is 0 Å². The first-order chi connectivity index (χ1) is 12.3. The Balaban J connectivity index is 1.47. The van der Waals surface area contributed by atoms with Crippen molar-refractivity contribution in [2.45, 2.75) is 13.5 Å². The zero-order valence-electron chi connectivity index (χ0n) is 13.9. The Hall–Kier alpha value is -2.92. The normalized spacial score (nSPS) is 11.4. The Labute approximate surface area is 150 Å². The number of anilines is 1. The van der Waals surface area contributed by atoms with Crippen LogP contribution in [0.4, 0.5) is 5.13 Å². The highest BCUT2D eigenvalue weighted by Gasteiger charge is 2.02. The molecule has 4 rings (SSSR count). The lowest BCUT2D eigenvalue weighted by atomic mass is 10.1. The van der Waals surface area contributed by atoms with Crippen molar-refractivity contribution in [2.24, 2.45) is 5.10 Å². The third-order valence-electron chi connectivity index (χ3n) is 3.95. The molecule has 0 aliphatic rings. The molecule has 0 atom stereocenters. The van der Waals surface area contributed by atoms with E-state index >= 15 is 0 Å². The minimum atomic E-state index is 0.800. The van der Waals surface area contributed by atoms with Gasteiger partial charge in [0.1, 0.15) is 0 Å². The van der Waals surface area contributed by atoms with Crippen LogP contribution < -0.4 is 5.43 Å². The molecule has 1 N–H and O–H groups in total. The predicted molar refractivity (Wildman–Crippen MR) is 106 cm³/mol. The van der Waals surface area contributed by atoms with Crippen molar-refractivity contribution in [1.82, 2.24) is 9.55 Å². The molecule has 4 aromatic rings. The first kappa shape index (κ1) is 15.6. The molecule has 0 unspecified atom stereocenters. The topological polar surface area (TPSA) is 42.2 Å². The Morgan fingerprint density at radius 1 is 1.12 bits per heavy atom. The lowest BCUT2D eigenvalue weighted by Gasteiger charge is -2.07. The number of aromatic nitrogens is 2. The van der Waals surface area contributed by atoms with Crippen LogP contribution in [-0.4, -0.2) is 15.8 Å². The van der Waals surface area contributed by atoms with Crippen LogP contribution in [0.1, 0.15) is 16.8 Å². The molecule has 2 aromatic carbocycles. The molecule has 0 saturated carbocycles. The molecule has 2 heterocycles. The number of hydrogen-bond donors (Lipinski definition) is 1. The van der Waals surface area contributed by atoms with Gasteiger partial charge in [-0.3, -0.25) is 5.43 Å². The van der Waals surface area contributed by atoms with Crippen LogP contribution in [0.5, 0.6) is 0 Å². The van der Waals surface area contributed by atoms with E-state index < -0.39 is 0 Å². The fourth-order valence-corrected chi connectivity index (χ4v) is 3.58. The zero-order chi connectivity index (χ0) is 17.1. The molecule has 5 heteroatoms. The molecule has 0 saturated heterocycles. The highest BCUT2D eigenvalue weighted by molar-refractivity contribution is 7.22. The van der Waals surface area contributed by atoms with Gasteiger partial charge >= 0.3 is 0 Å². The SMILES string of the molecule is Cc1cccc(Cn2cccc2C=NNc2nc3ccccc3s2)c1.